The number of nitrogens with zero attached hydrogens (tertiary/aromatic N) is 1. The van der Waals surface area contributed by atoms with Gasteiger partial charge < -0.3 is 0 Å². The Morgan fingerprint density at radius 2 is 2.00 bits per heavy atom. The second kappa shape index (κ2) is 8.82. The van der Waals surface area contributed by atoms with Crippen LogP contribution in [0.15, 0.2) is 0 Å². The van der Waals surface area contributed by atoms with Gasteiger partial charge in [0.15, 0.2) is 0 Å². The molecule has 1 nitrogen and oxygen atoms in total. The molecule has 2 heteroatoms. The van der Waals surface area contributed by atoms with Crippen molar-refractivity contribution < 1.29 is 0 Å². The average molecular weight is 79.1 g/mol. The molecule has 5 heavy (non-hydrogen) atoms. The number of nitriles is 1. The number of hydrogen-bond acceptors (Lipinski definition) is 1. The van der Waals surface area contributed by atoms with Crippen LogP contribution in [0.1, 0.15) is 13.3 Å². The summed E-state index contributed by atoms with van der Waals surface area (Å²) in [6, 6.07) is 1.93. The van der Waals surface area contributed by atoms with Crippen molar-refractivity contribution in [3.05, 3.63) is 0 Å². The molecule has 0 spiro atoms. The molecule has 0 amide bonds. The normalized spacial score (nSPS) is 4.00. The van der Waals surface area contributed by atoms with E-state index in [2.05, 4.69) is 0 Å². The van der Waals surface area contributed by atoms with Gasteiger partial charge in [0.25, 0.3) is 0 Å². The summed E-state index contributed by atoms with van der Waals surface area (Å²) < 4.78 is 0. The Labute approximate surface area is 54.3 Å². The van der Waals surface area contributed by atoms with Gasteiger partial charge in [0.05, 0.1) is 6.07 Å². The Kier molecular flexibility index (Phi) is 16.0. The first kappa shape index (κ1) is 9.09. The summed E-state index contributed by atoms with van der Waals surface area (Å²) in [6.45, 7) is 1.82. The fourth-order valence-electron chi connectivity index (χ4n) is 0. The maximum atomic E-state index is 7.62. The third kappa shape index (κ3) is 12.5. The van der Waals surface area contributed by atoms with Gasteiger partial charge >= 0.3 is 29.6 Å². The standard InChI is InChI=1S/C3H5N.Na.H/c1-2-3-4;;/h2H2,1H3;;. The zero-order valence-corrected chi connectivity index (χ0v) is 2.65. The molecule has 0 unspecified atom stereocenters. The molecule has 0 rings (SSSR count). The van der Waals surface area contributed by atoms with Crippen LogP contribution in [-0.4, -0.2) is 29.6 Å². The van der Waals surface area contributed by atoms with Crippen LogP contribution in [0.5, 0.6) is 0 Å². The van der Waals surface area contributed by atoms with E-state index in [0.717, 1.165) is 0 Å². The minimum absolute atomic E-state index is 0. The van der Waals surface area contributed by atoms with E-state index in [0.29, 0.717) is 6.42 Å². The molecule has 0 aromatic rings. The van der Waals surface area contributed by atoms with E-state index in [4.69, 9.17) is 5.26 Å². The van der Waals surface area contributed by atoms with Crippen molar-refractivity contribution in [2.24, 2.45) is 0 Å². The van der Waals surface area contributed by atoms with Gasteiger partial charge in [0, 0.05) is 6.42 Å². The topological polar surface area (TPSA) is 23.8 Å². The zero-order chi connectivity index (χ0) is 3.41. The molecule has 0 saturated heterocycles. The third-order valence-corrected chi connectivity index (χ3v) is 0.158. The van der Waals surface area contributed by atoms with Gasteiger partial charge in [-0.2, -0.15) is 5.26 Å². The van der Waals surface area contributed by atoms with Crippen molar-refractivity contribution in [1.29, 1.82) is 5.26 Å². The summed E-state index contributed by atoms with van der Waals surface area (Å²) in [5.41, 5.74) is 0. The Hall–Kier alpha value is 0.490. The number of rotatable bonds is 0. The van der Waals surface area contributed by atoms with Crippen LogP contribution in [-0.2, 0) is 0 Å². The third-order valence-electron chi connectivity index (χ3n) is 0.158. The molecule has 0 aliphatic rings. The quantitative estimate of drug-likeness (QED) is 0.382. The number of hydrogen-bond donors (Lipinski definition) is 0. The molecule has 0 aromatic heterocycles. The van der Waals surface area contributed by atoms with Crippen molar-refractivity contribution >= 4 is 29.6 Å². The van der Waals surface area contributed by atoms with Gasteiger partial charge in [-0.15, -0.1) is 0 Å². The molecule has 0 fully saturated rings. The predicted octanol–water partition coefficient (Wildman–Crippen LogP) is 0.271. The summed E-state index contributed by atoms with van der Waals surface area (Å²) in [5.74, 6) is 0. The molecule has 0 saturated carbocycles. The zero-order valence-electron chi connectivity index (χ0n) is 2.65. The van der Waals surface area contributed by atoms with Crippen LogP contribution in [0.2, 0.25) is 0 Å². The fourth-order valence-corrected chi connectivity index (χ4v) is 0. The first-order chi connectivity index (χ1) is 1.91. The monoisotopic (exact) mass is 79.0 g/mol. The molecule has 0 aliphatic carbocycles. The summed E-state index contributed by atoms with van der Waals surface area (Å²) >= 11 is 0. The first-order valence-electron chi connectivity index (χ1n) is 1.28. The van der Waals surface area contributed by atoms with Crippen LogP contribution < -0.4 is 0 Å². The van der Waals surface area contributed by atoms with E-state index in [9.17, 15) is 0 Å². The molecule has 0 bridgehead atoms. The molecular weight excluding hydrogens is 73.0 g/mol. The van der Waals surface area contributed by atoms with Gasteiger partial charge in [0.2, 0.25) is 0 Å². The molecular formula is C3H6NNa. The maximum absolute atomic E-state index is 7.62. The fraction of sp³-hybridized carbons (Fsp3) is 0.667. The predicted molar refractivity (Wildman–Crippen MR) is 23.1 cm³/mol. The van der Waals surface area contributed by atoms with Crippen LogP contribution in [0.25, 0.3) is 0 Å². The van der Waals surface area contributed by atoms with Gasteiger partial charge in [-0.1, -0.05) is 6.92 Å². The van der Waals surface area contributed by atoms with E-state index in [-0.39, 0.29) is 29.6 Å². The minimum atomic E-state index is 0. The molecule has 24 valence electrons. The van der Waals surface area contributed by atoms with E-state index in [1.165, 1.54) is 0 Å². The van der Waals surface area contributed by atoms with Gasteiger partial charge in [-0.05, 0) is 0 Å². The Bertz CT molecular complexity index is 36.6. The van der Waals surface area contributed by atoms with Crippen molar-refractivity contribution in [3.63, 3.8) is 0 Å². The Morgan fingerprint density at radius 3 is 2.00 bits per heavy atom. The van der Waals surface area contributed by atoms with Crippen molar-refractivity contribution in [1.82, 2.24) is 0 Å². The summed E-state index contributed by atoms with van der Waals surface area (Å²) in [7, 11) is 0. The van der Waals surface area contributed by atoms with Crippen molar-refractivity contribution in [2.75, 3.05) is 0 Å². The summed E-state index contributed by atoms with van der Waals surface area (Å²) in [4.78, 5) is 0. The summed E-state index contributed by atoms with van der Waals surface area (Å²) in [6.07, 6.45) is 0.625. The van der Waals surface area contributed by atoms with Gasteiger partial charge in [0.1, 0.15) is 0 Å². The Morgan fingerprint density at radius 1 is 1.80 bits per heavy atom. The molecule has 0 atom stereocenters. The van der Waals surface area contributed by atoms with E-state index >= 15 is 0 Å². The van der Waals surface area contributed by atoms with Crippen LogP contribution in [0.3, 0.4) is 0 Å². The van der Waals surface area contributed by atoms with Crippen LogP contribution in [0, 0.1) is 11.3 Å². The van der Waals surface area contributed by atoms with Gasteiger partial charge in [-0.25, -0.2) is 0 Å². The van der Waals surface area contributed by atoms with Crippen molar-refractivity contribution in [3.8, 4) is 6.07 Å². The van der Waals surface area contributed by atoms with Crippen LogP contribution in [0.4, 0.5) is 0 Å². The van der Waals surface area contributed by atoms with Crippen LogP contribution >= 0.6 is 0 Å². The molecule has 0 radical (unpaired) electrons. The van der Waals surface area contributed by atoms with Crippen molar-refractivity contribution in [2.45, 2.75) is 13.3 Å². The molecule has 0 N–H and O–H groups in total. The first-order valence-corrected chi connectivity index (χ1v) is 1.28. The van der Waals surface area contributed by atoms with Gasteiger partial charge in [-0.3, -0.25) is 0 Å². The molecule has 0 heterocycles. The van der Waals surface area contributed by atoms with E-state index in [1.807, 2.05) is 13.0 Å². The van der Waals surface area contributed by atoms with E-state index < -0.39 is 0 Å². The second-order valence-electron chi connectivity index (χ2n) is 0.512. The molecule has 0 aromatic carbocycles. The Balaban J connectivity index is 0. The molecule has 0 aliphatic heterocycles. The van der Waals surface area contributed by atoms with E-state index in [1.54, 1.807) is 0 Å². The summed E-state index contributed by atoms with van der Waals surface area (Å²) in [5, 5.41) is 7.62. The SMILES string of the molecule is CCC#N.[NaH]. The average Bonchev–Trinajstić information content (AvgIpc) is 1.37. The second-order valence-corrected chi connectivity index (χ2v) is 0.512.